The predicted octanol–water partition coefficient (Wildman–Crippen LogP) is 1.61. The summed E-state index contributed by atoms with van der Waals surface area (Å²) in [7, 11) is 2.08. The van der Waals surface area contributed by atoms with Gasteiger partial charge >= 0.3 is 0 Å². The van der Waals surface area contributed by atoms with Gasteiger partial charge in [-0.2, -0.15) is 5.26 Å². The van der Waals surface area contributed by atoms with Crippen LogP contribution in [0.3, 0.4) is 0 Å². The molecule has 0 aliphatic rings. The Morgan fingerprint density at radius 1 is 1.36 bits per heavy atom. The van der Waals surface area contributed by atoms with Crippen molar-refractivity contribution in [2.24, 2.45) is 0 Å². The number of nitrogens with zero attached hydrogens (tertiary/aromatic N) is 2. The molecule has 0 aromatic heterocycles. The van der Waals surface area contributed by atoms with Crippen LogP contribution < -0.4 is 5.32 Å². The molecule has 0 saturated heterocycles. The van der Waals surface area contributed by atoms with Crippen LogP contribution in [0.15, 0.2) is 0 Å². The Kier molecular flexibility index (Phi) is 8.61. The van der Waals surface area contributed by atoms with Crippen LogP contribution in [-0.2, 0) is 0 Å². The number of hydrogen-bond acceptors (Lipinski definition) is 3. The first-order valence-electron chi connectivity index (χ1n) is 5.56. The predicted molar refractivity (Wildman–Crippen MR) is 60.1 cm³/mol. The molecule has 1 atom stereocenters. The van der Waals surface area contributed by atoms with Crippen LogP contribution >= 0.6 is 0 Å². The summed E-state index contributed by atoms with van der Waals surface area (Å²) in [6.45, 7) is 7.02. The minimum absolute atomic E-state index is 0.0216. The van der Waals surface area contributed by atoms with Gasteiger partial charge in [-0.15, -0.1) is 0 Å². The van der Waals surface area contributed by atoms with E-state index in [0.29, 0.717) is 0 Å². The van der Waals surface area contributed by atoms with E-state index >= 15 is 0 Å². The average molecular weight is 197 g/mol. The number of hydrogen-bond donors (Lipinski definition) is 1. The second-order valence-corrected chi connectivity index (χ2v) is 3.71. The monoisotopic (exact) mass is 197 g/mol. The minimum Gasteiger partial charge on any atom is -0.304 e. The summed E-state index contributed by atoms with van der Waals surface area (Å²) in [6, 6.07) is 2.25. The first-order valence-corrected chi connectivity index (χ1v) is 5.56. The lowest BCUT2D eigenvalue weighted by atomic mass is 10.2. The van der Waals surface area contributed by atoms with Gasteiger partial charge in [-0.3, -0.25) is 0 Å². The summed E-state index contributed by atoms with van der Waals surface area (Å²) in [6.07, 6.45) is 3.77. The number of likely N-dealkylation sites (N-methyl/N-ethyl adjacent to an activating group) is 2. The minimum atomic E-state index is -0.0216. The molecule has 0 rings (SSSR count). The number of unbranched alkanes of at least 4 members (excludes halogenated alkanes) is 2. The molecule has 0 spiro atoms. The van der Waals surface area contributed by atoms with Crippen molar-refractivity contribution in [3.05, 3.63) is 0 Å². The molecule has 0 bridgehead atoms. The van der Waals surface area contributed by atoms with Crippen molar-refractivity contribution in [1.29, 1.82) is 5.26 Å². The second kappa shape index (κ2) is 8.98. The van der Waals surface area contributed by atoms with Crippen LogP contribution in [0.25, 0.3) is 0 Å². The molecule has 0 aromatic carbocycles. The molecule has 0 amide bonds. The van der Waals surface area contributed by atoms with E-state index in [9.17, 15) is 0 Å². The molecule has 3 nitrogen and oxygen atoms in total. The van der Waals surface area contributed by atoms with Crippen molar-refractivity contribution < 1.29 is 0 Å². The highest BCUT2D eigenvalue weighted by Gasteiger charge is 2.08. The fourth-order valence-corrected chi connectivity index (χ4v) is 1.43. The molecular formula is C11H23N3. The molecule has 14 heavy (non-hydrogen) atoms. The van der Waals surface area contributed by atoms with E-state index in [4.69, 9.17) is 5.26 Å². The van der Waals surface area contributed by atoms with Crippen LogP contribution in [0.5, 0.6) is 0 Å². The lowest BCUT2D eigenvalue weighted by Gasteiger charge is -2.19. The summed E-state index contributed by atoms with van der Waals surface area (Å²) in [5.41, 5.74) is 0. The maximum atomic E-state index is 8.84. The van der Waals surface area contributed by atoms with Crippen molar-refractivity contribution in [3.8, 4) is 6.07 Å². The van der Waals surface area contributed by atoms with Gasteiger partial charge in [0.15, 0.2) is 0 Å². The Bertz CT molecular complexity index is 162. The van der Waals surface area contributed by atoms with Gasteiger partial charge in [-0.25, -0.2) is 0 Å². The van der Waals surface area contributed by atoms with Gasteiger partial charge in [0.2, 0.25) is 0 Å². The maximum absolute atomic E-state index is 8.84. The highest BCUT2D eigenvalue weighted by molar-refractivity contribution is 4.91. The van der Waals surface area contributed by atoms with Crippen LogP contribution in [-0.4, -0.2) is 37.6 Å². The smallest absolute Gasteiger partial charge is 0.108 e. The summed E-state index contributed by atoms with van der Waals surface area (Å²) < 4.78 is 0. The second-order valence-electron chi connectivity index (χ2n) is 3.71. The molecular weight excluding hydrogens is 174 g/mol. The number of rotatable bonds is 8. The van der Waals surface area contributed by atoms with Crippen molar-refractivity contribution in [2.45, 2.75) is 39.2 Å². The standard InChI is InChI=1S/C11H23N3/c1-4-6-7-8-14(3)10-11(9-12)13-5-2/h11,13H,4-8,10H2,1-3H3. The van der Waals surface area contributed by atoms with E-state index < -0.39 is 0 Å². The van der Waals surface area contributed by atoms with E-state index in [1.807, 2.05) is 6.92 Å². The molecule has 0 radical (unpaired) electrons. The van der Waals surface area contributed by atoms with Gasteiger partial charge in [-0.1, -0.05) is 26.7 Å². The summed E-state index contributed by atoms with van der Waals surface area (Å²) in [5.74, 6) is 0. The van der Waals surface area contributed by atoms with E-state index in [0.717, 1.165) is 19.6 Å². The third kappa shape index (κ3) is 6.88. The zero-order valence-electron chi connectivity index (χ0n) is 9.71. The van der Waals surface area contributed by atoms with Crippen LogP contribution in [0.1, 0.15) is 33.1 Å². The Balaban J connectivity index is 3.57. The number of nitrogens with one attached hydrogen (secondary N) is 1. The van der Waals surface area contributed by atoms with Crippen molar-refractivity contribution >= 4 is 0 Å². The van der Waals surface area contributed by atoms with Gasteiger partial charge < -0.3 is 10.2 Å². The summed E-state index contributed by atoms with van der Waals surface area (Å²) in [4.78, 5) is 2.23. The average Bonchev–Trinajstić information content (AvgIpc) is 2.17. The molecule has 1 unspecified atom stereocenters. The largest absolute Gasteiger partial charge is 0.304 e. The zero-order valence-corrected chi connectivity index (χ0v) is 9.71. The van der Waals surface area contributed by atoms with Crippen LogP contribution in [0.2, 0.25) is 0 Å². The molecule has 0 aliphatic heterocycles. The van der Waals surface area contributed by atoms with Crippen LogP contribution in [0, 0.1) is 11.3 Å². The Morgan fingerprint density at radius 2 is 2.07 bits per heavy atom. The van der Waals surface area contributed by atoms with Gasteiger partial charge in [-0.05, 0) is 26.6 Å². The number of nitriles is 1. The van der Waals surface area contributed by atoms with Gasteiger partial charge in [0.25, 0.3) is 0 Å². The van der Waals surface area contributed by atoms with Crippen LogP contribution in [0.4, 0.5) is 0 Å². The van der Waals surface area contributed by atoms with Gasteiger partial charge in [0, 0.05) is 6.54 Å². The first kappa shape index (κ1) is 13.4. The van der Waals surface area contributed by atoms with Gasteiger partial charge in [0.1, 0.15) is 6.04 Å². The van der Waals surface area contributed by atoms with E-state index in [-0.39, 0.29) is 6.04 Å². The lowest BCUT2D eigenvalue weighted by molar-refractivity contribution is 0.305. The molecule has 0 heterocycles. The molecule has 82 valence electrons. The normalized spacial score (nSPS) is 12.8. The summed E-state index contributed by atoms with van der Waals surface area (Å²) >= 11 is 0. The van der Waals surface area contributed by atoms with E-state index in [1.165, 1.54) is 19.3 Å². The fraction of sp³-hybridized carbons (Fsp3) is 0.909. The maximum Gasteiger partial charge on any atom is 0.108 e. The SMILES string of the molecule is CCCCCN(C)CC(C#N)NCC. The highest BCUT2D eigenvalue weighted by atomic mass is 15.1. The molecule has 0 saturated carbocycles. The molecule has 0 fully saturated rings. The van der Waals surface area contributed by atoms with Crippen molar-refractivity contribution in [2.75, 3.05) is 26.7 Å². The lowest BCUT2D eigenvalue weighted by Crippen LogP contribution is -2.38. The highest BCUT2D eigenvalue weighted by Crippen LogP contribution is 1.97. The molecule has 3 heteroatoms. The molecule has 0 aromatic rings. The quantitative estimate of drug-likeness (QED) is 0.601. The van der Waals surface area contributed by atoms with Crippen molar-refractivity contribution in [3.63, 3.8) is 0 Å². The fourth-order valence-electron chi connectivity index (χ4n) is 1.43. The van der Waals surface area contributed by atoms with Gasteiger partial charge in [0.05, 0.1) is 6.07 Å². The Labute approximate surface area is 88.1 Å². The first-order chi connectivity index (χ1) is 6.74. The van der Waals surface area contributed by atoms with E-state index in [1.54, 1.807) is 0 Å². The zero-order chi connectivity index (χ0) is 10.8. The topological polar surface area (TPSA) is 39.1 Å². The van der Waals surface area contributed by atoms with Crippen molar-refractivity contribution in [1.82, 2.24) is 10.2 Å². The molecule has 0 aliphatic carbocycles. The van der Waals surface area contributed by atoms with E-state index in [2.05, 4.69) is 30.3 Å². The summed E-state index contributed by atoms with van der Waals surface area (Å²) in [5, 5.41) is 12.0. The Hall–Kier alpha value is -0.590. The Morgan fingerprint density at radius 3 is 2.57 bits per heavy atom. The third-order valence-corrected chi connectivity index (χ3v) is 2.24. The third-order valence-electron chi connectivity index (χ3n) is 2.24. The molecule has 1 N–H and O–H groups in total.